The maximum atomic E-state index is 6.68. The molecular formula is C50H26N4OS. The van der Waals surface area contributed by atoms with Crippen molar-refractivity contribution in [3.63, 3.8) is 0 Å². The Kier molecular flexibility index (Phi) is 5.34. The van der Waals surface area contributed by atoms with Crippen LogP contribution in [-0.2, 0) is 0 Å². The maximum absolute atomic E-state index is 6.68. The number of aromatic nitrogens is 4. The first-order valence-electron chi connectivity index (χ1n) is 18.9. The van der Waals surface area contributed by atoms with E-state index in [9.17, 15) is 0 Å². The van der Waals surface area contributed by atoms with E-state index < -0.39 is 0 Å². The van der Waals surface area contributed by atoms with Crippen LogP contribution >= 0.6 is 11.3 Å². The fraction of sp³-hybridized carbons (Fsp3) is 0. The van der Waals surface area contributed by atoms with E-state index in [1.807, 2.05) is 23.5 Å². The van der Waals surface area contributed by atoms with Crippen molar-refractivity contribution in [3.8, 4) is 34.0 Å². The molecule has 0 unspecified atom stereocenters. The third-order valence-corrected chi connectivity index (χ3v) is 13.2. The first kappa shape index (κ1) is 29.1. The lowest BCUT2D eigenvalue weighted by atomic mass is 9.95. The van der Waals surface area contributed by atoms with Crippen molar-refractivity contribution in [1.29, 1.82) is 0 Å². The molecule has 1 aliphatic carbocycles. The summed E-state index contributed by atoms with van der Waals surface area (Å²) in [5.74, 6) is 0.627. The van der Waals surface area contributed by atoms with Crippen LogP contribution in [0.25, 0.3) is 131 Å². The van der Waals surface area contributed by atoms with Gasteiger partial charge in [-0.2, -0.15) is 0 Å². The maximum Gasteiger partial charge on any atom is 0.236 e. The second-order valence-electron chi connectivity index (χ2n) is 14.9. The second-order valence-corrected chi connectivity index (χ2v) is 16.0. The molecule has 0 atom stereocenters. The number of thiophene rings is 1. The summed E-state index contributed by atoms with van der Waals surface area (Å²) in [5.41, 5.74) is 12.2. The molecular weight excluding hydrogens is 705 g/mol. The highest BCUT2D eigenvalue weighted by Gasteiger charge is 2.27. The van der Waals surface area contributed by atoms with Crippen LogP contribution in [0.3, 0.4) is 0 Å². The molecule has 14 rings (SSSR count). The predicted molar refractivity (Wildman–Crippen MR) is 233 cm³/mol. The van der Waals surface area contributed by atoms with E-state index in [1.54, 1.807) is 0 Å². The lowest BCUT2D eigenvalue weighted by molar-refractivity contribution is 0.666. The van der Waals surface area contributed by atoms with Gasteiger partial charge in [0.15, 0.2) is 5.58 Å². The van der Waals surface area contributed by atoms with Crippen LogP contribution < -0.4 is 0 Å². The molecule has 5 heterocycles. The minimum Gasteiger partial charge on any atom is -0.452 e. The number of hydrogen-bond acceptors (Lipinski definition) is 4. The molecule has 0 spiro atoms. The van der Waals surface area contributed by atoms with Crippen molar-refractivity contribution >= 4 is 108 Å². The molecule has 5 nitrogen and oxygen atoms in total. The summed E-state index contributed by atoms with van der Waals surface area (Å²) in [4.78, 5) is 11.0. The molecule has 0 radical (unpaired) electrons. The number of rotatable bonds is 3. The minimum atomic E-state index is 0.627. The van der Waals surface area contributed by atoms with Gasteiger partial charge in [-0.15, -0.1) is 11.3 Å². The zero-order valence-corrected chi connectivity index (χ0v) is 30.4. The van der Waals surface area contributed by atoms with E-state index in [-0.39, 0.29) is 0 Å². The Bertz CT molecular complexity index is 3880. The summed E-state index contributed by atoms with van der Waals surface area (Å²) in [5, 5.41) is 11.0. The predicted octanol–water partition coefficient (Wildman–Crippen LogP) is 13.7. The molecule has 0 amide bonds. The second kappa shape index (κ2) is 10.3. The number of para-hydroxylation sites is 3. The molecule has 6 heteroatoms. The molecule has 8 aromatic carbocycles. The van der Waals surface area contributed by atoms with E-state index in [0.717, 1.165) is 60.9 Å². The third kappa shape index (κ3) is 3.56. The average molecular weight is 731 g/mol. The van der Waals surface area contributed by atoms with E-state index in [0.29, 0.717) is 11.5 Å². The normalized spacial score (nSPS) is 12.6. The molecule has 0 fully saturated rings. The van der Waals surface area contributed by atoms with Gasteiger partial charge in [0.2, 0.25) is 5.95 Å². The van der Waals surface area contributed by atoms with Crippen molar-refractivity contribution in [2.24, 2.45) is 0 Å². The summed E-state index contributed by atoms with van der Waals surface area (Å²) < 4.78 is 13.9. The molecule has 0 bridgehead atoms. The largest absolute Gasteiger partial charge is 0.452 e. The summed E-state index contributed by atoms with van der Waals surface area (Å²) in [6.07, 6.45) is 0. The average Bonchev–Trinajstić information content (AvgIpc) is 3.98. The molecule has 0 N–H and O–H groups in total. The number of hydrogen-bond donors (Lipinski definition) is 0. The summed E-state index contributed by atoms with van der Waals surface area (Å²) >= 11 is 1.87. The Morgan fingerprint density at radius 1 is 0.464 bits per heavy atom. The molecule has 13 aromatic rings. The highest BCUT2D eigenvalue weighted by Crippen LogP contribution is 2.52. The molecule has 0 saturated heterocycles. The van der Waals surface area contributed by atoms with E-state index in [1.165, 1.54) is 58.2 Å². The lowest BCUT2D eigenvalue weighted by Gasteiger charge is -2.12. The van der Waals surface area contributed by atoms with Crippen LogP contribution in [0.1, 0.15) is 0 Å². The Morgan fingerprint density at radius 2 is 1.18 bits per heavy atom. The monoisotopic (exact) mass is 730 g/mol. The van der Waals surface area contributed by atoms with Crippen LogP contribution in [-0.4, -0.2) is 19.1 Å². The Balaban J connectivity index is 1.12. The third-order valence-electron chi connectivity index (χ3n) is 12.1. The van der Waals surface area contributed by atoms with Gasteiger partial charge in [0.05, 0.1) is 22.1 Å². The number of furan rings is 1. The Labute approximate surface area is 321 Å². The van der Waals surface area contributed by atoms with Gasteiger partial charge < -0.3 is 8.98 Å². The topological polar surface area (TPSA) is 48.8 Å². The van der Waals surface area contributed by atoms with E-state index in [4.69, 9.17) is 14.4 Å². The fourth-order valence-corrected chi connectivity index (χ4v) is 10.9. The number of fused-ring (bicyclic) bond motifs is 7. The quantitative estimate of drug-likeness (QED) is 0.182. The van der Waals surface area contributed by atoms with Crippen LogP contribution in [0.15, 0.2) is 162 Å². The molecule has 0 aliphatic heterocycles. The van der Waals surface area contributed by atoms with Crippen LogP contribution in [0.5, 0.6) is 0 Å². The molecule has 5 aromatic heterocycles. The van der Waals surface area contributed by atoms with Crippen molar-refractivity contribution < 1.29 is 4.42 Å². The van der Waals surface area contributed by atoms with Crippen molar-refractivity contribution in [1.82, 2.24) is 19.1 Å². The zero-order valence-electron chi connectivity index (χ0n) is 29.6. The van der Waals surface area contributed by atoms with E-state index in [2.05, 4.69) is 155 Å². The lowest BCUT2D eigenvalue weighted by Crippen LogP contribution is -2.03. The van der Waals surface area contributed by atoms with Crippen LogP contribution in [0.4, 0.5) is 0 Å². The summed E-state index contributed by atoms with van der Waals surface area (Å²) in [6, 6.07) is 56.7. The van der Waals surface area contributed by atoms with Crippen molar-refractivity contribution in [2.45, 2.75) is 0 Å². The van der Waals surface area contributed by atoms with Gasteiger partial charge in [0.25, 0.3) is 0 Å². The first-order valence-corrected chi connectivity index (χ1v) is 19.7. The van der Waals surface area contributed by atoms with Gasteiger partial charge in [0.1, 0.15) is 16.8 Å². The highest BCUT2D eigenvalue weighted by molar-refractivity contribution is 7.26. The first-order chi connectivity index (χ1) is 27.8. The molecule has 1 aliphatic rings. The van der Waals surface area contributed by atoms with Gasteiger partial charge >= 0.3 is 0 Å². The molecule has 56 heavy (non-hydrogen) atoms. The van der Waals surface area contributed by atoms with Crippen molar-refractivity contribution in [3.05, 3.63) is 158 Å². The van der Waals surface area contributed by atoms with E-state index >= 15 is 0 Å². The zero-order chi connectivity index (χ0) is 36.2. The van der Waals surface area contributed by atoms with Gasteiger partial charge in [-0.3, -0.25) is 4.57 Å². The van der Waals surface area contributed by atoms with Gasteiger partial charge in [-0.25, -0.2) is 9.97 Å². The van der Waals surface area contributed by atoms with Crippen molar-refractivity contribution in [2.75, 3.05) is 0 Å². The summed E-state index contributed by atoms with van der Waals surface area (Å²) in [7, 11) is 0. The Morgan fingerprint density at radius 3 is 2.09 bits per heavy atom. The highest BCUT2D eigenvalue weighted by atomic mass is 32.1. The van der Waals surface area contributed by atoms with Crippen LogP contribution in [0, 0.1) is 0 Å². The molecule has 258 valence electrons. The van der Waals surface area contributed by atoms with Crippen LogP contribution in [0.2, 0.25) is 0 Å². The summed E-state index contributed by atoms with van der Waals surface area (Å²) in [6.45, 7) is 0. The Hall–Kier alpha value is -7.28. The SMILES string of the molecule is c1ccc(-n2c3ccccc3c3cc(-c4nc(-n5c6ccc7cccc8c7c6c6c7c(ccc65)sc5cccc-8c57)nc5c4oc4ccccc45)ccc32)cc1. The fourth-order valence-electron chi connectivity index (χ4n) is 9.79. The van der Waals surface area contributed by atoms with Gasteiger partial charge in [-0.1, -0.05) is 91.0 Å². The smallest absolute Gasteiger partial charge is 0.236 e. The number of nitrogens with zero attached hydrogens (tertiary/aromatic N) is 4. The van der Waals surface area contributed by atoms with Gasteiger partial charge in [0, 0.05) is 58.4 Å². The minimum absolute atomic E-state index is 0.627. The van der Waals surface area contributed by atoms with Gasteiger partial charge in [-0.05, 0) is 88.6 Å². The number of benzene rings is 8. The standard InChI is InChI=1S/C50H26N4OS/c1-2-11-29(12-3-1)53-35-17-6-4-13-30(35)34-26-28(21-22-36(34)53)47-49-48(33-14-5-7-18-39(33)55-49)52-50(51-47)54-37-23-20-27-10-8-15-31-32-16-9-19-40-43(32)46-41(56-40)25-24-38(54)45(46)44(37)42(27)31/h1-26H. The molecule has 0 saturated carbocycles.